The molecule has 4 aromatic rings. The topological polar surface area (TPSA) is 59.8 Å². The molecule has 0 saturated carbocycles. The van der Waals surface area contributed by atoms with E-state index < -0.39 is 0 Å². The second kappa shape index (κ2) is 10.2. The maximum absolute atomic E-state index is 13.6. The zero-order chi connectivity index (χ0) is 23.2. The third-order valence-electron chi connectivity index (χ3n) is 5.61. The third-order valence-corrected chi connectivity index (χ3v) is 5.61. The van der Waals surface area contributed by atoms with Gasteiger partial charge in [0, 0.05) is 31.0 Å². The molecule has 1 unspecified atom stereocenters. The lowest BCUT2D eigenvalue weighted by atomic mass is 10.0. The van der Waals surface area contributed by atoms with Gasteiger partial charge in [0.05, 0.1) is 11.3 Å². The van der Waals surface area contributed by atoms with Crippen LogP contribution in [0.2, 0.25) is 0 Å². The molecule has 1 atom stereocenters. The first-order valence-corrected chi connectivity index (χ1v) is 11.2. The summed E-state index contributed by atoms with van der Waals surface area (Å²) in [7, 11) is 0. The van der Waals surface area contributed by atoms with Gasteiger partial charge < -0.3 is 5.32 Å². The molecule has 2 heterocycles. The number of pyridine rings is 1. The number of hydrogen-bond acceptors (Lipinski definition) is 4. The smallest absolute Gasteiger partial charge is 0.263 e. The van der Waals surface area contributed by atoms with Gasteiger partial charge in [-0.15, -0.1) is 0 Å². The molecule has 0 spiro atoms. The molecule has 4 rings (SSSR count). The molecule has 0 fully saturated rings. The summed E-state index contributed by atoms with van der Waals surface area (Å²) in [5.41, 5.74) is 3.53. The number of benzene rings is 2. The predicted molar refractivity (Wildman–Crippen MR) is 131 cm³/mol. The van der Waals surface area contributed by atoms with Crippen LogP contribution in [-0.2, 0) is 13.0 Å². The zero-order valence-electron chi connectivity index (χ0n) is 18.8. The molecule has 0 radical (unpaired) electrons. The number of aromatic nitrogens is 3. The van der Waals surface area contributed by atoms with E-state index in [-0.39, 0.29) is 11.4 Å². The van der Waals surface area contributed by atoms with Crippen LogP contribution in [0, 0.1) is 11.7 Å². The van der Waals surface area contributed by atoms with Gasteiger partial charge in [0.1, 0.15) is 5.82 Å². The van der Waals surface area contributed by atoms with E-state index in [2.05, 4.69) is 29.4 Å². The summed E-state index contributed by atoms with van der Waals surface area (Å²) >= 11 is 0. The van der Waals surface area contributed by atoms with Gasteiger partial charge >= 0.3 is 0 Å². The van der Waals surface area contributed by atoms with Crippen LogP contribution in [0.3, 0.4) is 0 Å². The van der Waals surface area contributed by atoms with E-state index >= 15 is 0 Å². The predicted octanol–water partition coefficient (Wildman–Crippen LogP) is 5.42. The molecule has 33 heavy (non-hydrogen) atoms. The highest BCUT2D eigenvalue weighted by atomic mass is 19.1. The van der Waals surface area contributed by atoms with Crippen LogP contribution in [0.5, 0.6) is 0 Å². The van der Waals surface area contributed by atoms with Crippen molar-refractivity contribution in [2.24, 2.45) is 5.92 Å². The highest BCUT2D eigenvalue weighted by molar-refractivity contribution is 5.80. The highest BCUT2D eigenvalue weighted by Gasteiger charge is 2.19. The Morgan fingerprint density at radius 3 is 2.33 bits per heavy atom. The number of halogens is 1. The van der Waals surface area contributed by atoms with E-state index in [0.717, 1.165) is 12.0 Å². The molecule has 0 amide bonds. The molecule has 2 aromatic carbocycles. The zero-order valence-corrected chi connectivity index (χ0v) is 18.8. The van der Waals surface area contributed by atoms with Gasteiger partial charge in [-0.05, 0) is 54.7 Å². The standard InChI is InChI=1S/C27H27FN4O/c1-3-32-26(33)24(21-9-11-23(28)12-10-21)25(22-13-15-29-16-14-22)31-27(32)30-18-19(2)17-20-7-5-4-6-8-20/h4-16,19H,3,17-18H2,1-2H3,(H,30,31). The quantitative estimate of drug-likeness (QED) is 0.396. The molecular weight excluding hydrogens is 415 g/mol. The average Bonchev–Trinajstić information content (AvgIpc) is 2.84. The van der Waals surface area contributed by atoms with Gasteiger partial charge in [-0.25, -0.2) is 9.37 Å². The second-order valence-electron chi connectivity index (χ2n) is 8.13. The van der Waals surface area contributed by atoms with Crippen LogP contribution >= 0.6 is 0 Å². The molecule has 0 bridgehead atoms. The lowest BCUT2D eigenvalue weighted by molar-refractivity contribution is 0.601. The molecular formula is C27H27FN4O. The Morgan fingerprint density at radius 2 is 1.67 bits per heavy atom. The number of rotatable bonds is 8. The van der Waals surface area contributed by atoms with Crippen molar-refractivity contribution in [3.8, 4) is 22.4 Å². The van der Waals surface area contributed by atoms with Crippen molar-refractivity contribution in [3.05, 3.63) is 101 Å². The van der Waals surface area contributed by atoms with Gasteiger partial charge in [0.15, 0.2) is 0 Å². The summed E-state index contributed by atoms with van der Waals surface area (Å²) in [5, 5.41) is 3.40. The molecule has 0 aliphatic heterocycles. The first kappa shape index (κ1) is 22.4. The van der Waals surface area contributed by atoms with Gasteiger partial charge in [-0.2, -0.15) is 0 Å². The van der Waals surface area contributed by atoms with Crippen LogP contribution < -0.4 is 10.9 Å². The largest absolute Gasteiger partial charge is 0.355 e. The fourth-order valence-corrected chi connectivity index (χ4v) is 3.93. The second-order valence-corrected chi connectivity index (χ2v) is 8.13. The minimum atomic E-state index is -0.348. The molecule has 0 saturated heterocycles. The molecule has 2 aromatic heterocycles. The maximum atomic E-state index is 13.6. The Balaban J connectivity index is 1.73. The molecule has 0 aliphatic carbocycles. The summed E-state index contributed by atoms with van der Waals surface area (Å²) in [6, 6.07) is 19.9. The molecule has 1 N–H and O–H groups in total. The van der Waals surface area contributed by atoms with Crippen molar-refractivity contribution < 1.29 is 4.39 Å². The number of anilines is 1. The van der Waals surface area contributed by atoms with Gasteiger partial charge in [-0.3, -0.25) is 14.3 Å². The summed E-state index contributed by atoms with van der Waals surface area (Å²) < 4.78 is 15.2. The van der Waals surface area contributed by atoms with Gasteiger partial charge in [-0.1, -0.05) is 49.4 Å². The van der Waals surface area contributed by atoms with E-state index in [1.54, 1.807) is 29.1 Å². The summed E-state index contributed by atoms with van der Waals surface area (Å²) in [4.78, 5) is 22.6. The van der Waals surface area contributed by atoms with Crippen molar-refractivity contribution in [2.45, 2.75) is 26.8 Å². The van der Waals surface area contributed by atoms with Crippen LogP contribution in [0.4, 0.5) is 10.3 Å². The molecule has 168 valence electrons. The van der Waals surface area contributed by atoms with Gasteiger partial charge in [0.2, 0.25) is 5.95 Å². The Hall–Kier alpha value is -3.80. The van der Waals surface area contributed by atoms with Crippen LogP contribution in [0.25, 0.3) is 22.4 Å². The first-order valence-electron chi connectivity index (χ1n) is 11.2. The van der Waals surface area contributed by atoms with Crippen molar-refractivity contribution in [1.29, 1.82) is 0 Å². The average molecular weight is 443 g/mol. The van der Waals surface area contributed by atoms with Crippen LogP contribution in [0.1, 0.15) is 19.4 Å². The fraction of sp³-hybridized carbons (Fsp3) is 0.222. The maximum Gasteiger partial charge on any atom is 0.263 e. The molecule has 0 aliphatic rings. The number of nitrogens with one attached hydrogen (secondary N) is 1. The van der Waals surface area contributed by atoms with Crippen LogP contribution in [-0.4, -0.2) is 21.1 Å². The van der Waals surface area contributed by atoms with Crippen molar-refractivity contribution in [1.82, 2.24) is 14.5 Å². The van der Waals surface area contributed by atoms with E-state index in [1.807, 2.05) is 37.3 Å². The third kappa shape index (κ3) is 5.17. The Bertz CT molecular complexity index is 1260. The lowest BCUT2D eigenvalue weighted by Gasteiger charge is -2.19. The Labute approximate surface area is 193 Å². The van der Waals surface area contributed by atoms with E-state index in [4.69, 9.17) is 4.98 Å². The van der Waals surface area contributed by atoms with Crippen molar-refractivity contribution in [2.75, 3.05) is 11.9 Å². The van der Waals surface area contributed by atoms with Crippen molar-refractivity contribution >= 4 is 5.95 Å². The molecule has 5 nitrogen and oxygen atoms in total. The highest BCUT2D eigenvalue weighted by Crippen LogP contribution is 2.29. The Kier molecular flexibility index (Phi) is 6.93. The van der Waals surface area contributed by atoms with Gasteiger partial charge in [0.25, 0.3) is 5.56 Å². The number of nitrogens with zero attached hydrogens (tertiary/aromatic N) is 3. The summed E-state index contributed by atoms with van der Waals surface area (Å²) in [5.74, 6) is 0.523. The summed E-state index contributed by atoms with van der Waals surface area (Å²) in [6.45, 7) is 5.23. The van der Waals surface area contributed by atoms with E-state index in [9.17, 15) is 9.18 Å². The lowest BCUT2D eigenvalue weighted by Crippen LogP contribution is -2.28. The van der Waals surface area contributed by atoms with E-state index in [1.165, 1.54) is 17.7 Å². The molecule has 6 heteroatoms. The number of hydrogen-bond donors (Lipinski definition) is 1. The fourth-order valence-electron chi connectivity index (χ4n) is 3.93. The van der Waals surface area contributed by atoms with Crippen LogP contribution in [0.15, 0.2) is 83.9 Å². The first-order chi connectivity index (χ1) is 16.1. The minimum Gasteiger partial charge on any atom is -0.355 e. The van der Waals surface area contributed by atoms with E-state index in [0.29, 0.717) is 41.8 Å². The SMILES string of the molecule is CCn1c(NCC(C)Cc2ccccc2)nc(-c2ccncc2)c(-c2ccc(F)cc2)c1=O. The minimum absolute atomic E-state index is 0.163. The normalized spacial score (nSPS) is 11.8. The monoisotopic (exact) mass is 442 g/mol. The summed E-state index contributed by atoms with van der Waals surface area (Å²) in [6.07, 6.45) is 4.27. The van der Waals surface area contributed by atoms with Crippen molar-refractivity contribution in [3.63, 3.8) is 0 Å². The Morgan fingerprint density at radius 1 is 0.970 bits per heavy atom.